The third-order valence-corrected chi connectivity index (χ3v) is 3.17. The van der Waals surface area contributed by atoms with Gasteiger partial charge in [0.1, 0.15) is 17.3 Å². The lowest BCUT2D eigenvalue weighted by Gasteiger charge is -2.16. The molecule has 0 bridgehead atoms. The summed E-state index contributed by atoms with van der Waals surface area (Å²) in [5, 5.41) is 0. The zero-order valence-corrected chi connectivity index (χ0v) is 11.7. The molecule has 0 unspecified atom stereocenters. The van der Waals surface area contributed by atoms with E-state index in [1.54, 1.807) is 14.0 Å². The second-order valence-electron chi connectivity index (χ2n) is 4.85. The van der Waals surface area contributed by atoms with Crippen molar-refractivity contribution in [3.63, 3.8) is 0 Å². The lowest BCUT2D eigenvalue weighted by atomic mass is 10.1. The molecule has 0 aliphatic heterocycles. The number of halogens is 1. The second kappa shape index (κ2) is 5.36. The summed E-state index contributed by atoms with van der Waals surface area (Å²) in [5.41, 5.74) is 6.55. The van der Waals surface area contributed by atoms with Gasteiger partial charge in [0, 0.05) is 23.9 Å². The lowest BCUT2D eigenvalue weighted by Crippen LogP contribution is -2.26. The summed E-state index contributed by atoms with van der Waals surface area (Å²) >= 11 is 0. The molecule has 0 saturated heterocycles. The van der Waals surface area contributed by atoms with E-state index in [1.165, 1.54) is 17.0 Å². The number of nitrogens with zero attached hydrogens (tertiary/aromatic N) is 1. The Kier molecular flexibility index (Phi) is 3.79. The number of anilines is 1. The molecule has 106 valence electrons. The SMILES string of the molecule is Cc1ccc(CN(C)C(=O)c2cc(N)c(C)c(F)c2)o1. The number of carbonyl (C=O) groups excluding carboxylic acids is 1. The van der Waals surface area contributed by atoms with Crippen LogP contribution in [0.1, 0.15) is 27.4 Å². The fraction of sp³-hybridized carbons (Fsp3) is 0.267. The van der Waals surface area contributed by atoms with Crippen molar-refractivity contribution in [2.45, 2.75) is 20.4 Å². The quantitative estimate of drug-likeness (QED) is 0.877. The highest BCUT2D eigenvalue weighted by Crippen LogP contribution is 2.19. The minimum Gasteiger partial charge on any atom is -0.464 e. The van der Waals surface area contributed by atoms with Crippen molar-refractivity contribution in [3.05, 3.63) is 52.7 Å². The van der Waals surface area contributed by atoms with E-state index in [2.05, 4.69) is 0 Å². The molecular weight excluding hydrogens is 259 g/mol. The molecule has 0 aliphatic rings. The van der Waals surface area contributed by atoms with E-state index < -0.39 is 5.82 Å². The average molecular weight is 276 g/mol. The van der Waals surface area contributed by atoms with Gasteiger partial charge in [-0.1, -0.05) is 0 Å². The number of nitrogens with two attached hydrogens (primary N) is 1. The van der Waals surface area contributed by atoms with E-state index in [0.29, 0.717) is 17.9 Å². The van der Waals surface area contributed by atoms with Crippen LogP contribution in [0.2, 0.25) is 0 Å². The Labute approximate surface area is 117 Å². The summed E-state index contributed by atoms with van der Waals surface area (Å²) in [5.74, 6) is 0.686. The van der Waals surface area contributed by atoms with Crippen molar-refractivity contribution in [3.8, 4) is 0 Å². The molecule has 1 amide bonds. The lowest BCUT2D eigenvalue weighted by molar-refractivity contribution is 0.0774. The van der Waals surface area contributed by atoms with Gasteiger partial charge in [0.15, 0.2) is 0 Å². The molecule has 5 heteroatoms. The average Bonchev–Trinajstić information content (AvgIpc) is 2.79. The van der Waals surface area contributed by atoms with Gasteiger partial charge in [-0.3, -0.25) is 4.79 Å². The molecule has 20 heavy (non-hydrogen) atoms. The number of hydrogen-bond acceptors (Lipinski definition) is 3. The van der Waals surface area contributed by atoms with Crippen LogP contribution in [-0.4, -0.2) is 17.9 Å². The summed E-state index contributed by atoms with van der Waals surface area (Å²) in [4.78, 5) is 13.7. The van der Waals surface area contributed by atoms with Crippen LogP contribution in [0.25, 0.3) is 0 Å². The van der Waals surface area contributed by atoms with Gasteiger partial charge in [0.05, 0.1) is 6.54 Å². The van der Waals surface area contributed by atoms with Crippen LogP contribution in [0, 0.1) is 19.7 Å². The normalized spacial score (nSPS) is 10.6. The number of amides is 1. The van der Waals surface area contributed by atoms with Gasteiger partial charge < -0.3 is 15.1 Å². The molecule has 2 rings (SSSR count). The summed E-state index contributed by atoms with van der Waals surface area (Å²) < 4.78 is 19.0. The maximum atomic E-state index is 13.6. The Morgan fingerprint density at radius 1 is 1.35 bits per heavy atom. The van der Waals surface area contributed by atoms with Gasteiger partial charge in [-0.15, -0.1) is 0 Å². The molecule has 0 spiro atoms. The van der Waals surface area contributed by atoms with E-state index in [0.717, 1.165) is 5.76 Å². The smallest absolute Gasteiger partial charge is 0.254 e. The van der Waals surface area contributed by atoms with Crippen LogP contribution in [0.5, 0.6) is 0 Å². The number of benzene rings is 1. The van der Waals surface area contributed by atoms with E-state index in [9.17, 15) is 9.18 Å². The molecule has 4 nitrogen and oxygen atoms in total. The monoisotopic (exact) mass is 276 g/mol. The molecule has 0 aliphatic carbocycles. The Bertz CT molecular complexity index is 626. The standard InChI is InChI=1S/C15H17FN2O2/c1-9-4-5-12(20-9)8-18(3)15(19)11-6-13(16)10(2)14(17)7-11/h4-7H,8,17H2,1-3H3. The Balaban J connectivity index is 2.18. The number of rotatable bonds is 3. The zero-order chi connectivity index (χ0) is 14.9. The van der Waals surface area contributed by atoms with Crippen molar-refractivity contribution in [1.29, 1.82) is 0 Å². The van der Waals surface area contributed by atoms with Crippen molar-refractivity contribution >= 4 is 11.6 Å². The minimum atomic E-state index is -0.476. The molecule has 0 radical (unpaired) electrons. The Hall–Kier alpha value is -2.30. The minimum absolute atomic E-state index is 0.233. The van der Waals surface area contributed by atoms with Gasteiger partial charge >= 0.3 is 0 Å². The van der Waals surface area contributed by atoms with Crippen LogP contribution < -0.4 is 5.73 Å². The fourth-order valence-electron chi connectivity index (χ4n) is 1.92. The molecule has 0 atom stereocenters. The molecular formula is C15H17FN2O2. The summed E-state index contributed by atoms with van der Waals surface area (Å²) in [6.45, 7) is 3.73. The first-order valence-electron chi connectivity index (χ1n) is 6.25. The maximum Gasteiger partial charge on any atom is 0.254 e. The van der Waals surface area contributed by atoms with Crippen LogP contribution >= 0.6 is 0 Å². The summed E-state index contributed by atoms with van der Waals surface area (Å²) in [6.07, 6.45) is 0. The highest BCUT2D eigenvalue weighted by molar-refractivity contribution is 5.95. The first-order valence-corrected chi connectivity index (χ1v) is 6.25. The summed E-state index contributed by atoms with van der Waals surface area (Å²) in [7, 11) is 1.63. The van der Waals surface area contributed by atoms with Crippen molar-refractivity contribution < 1.29 is 13.6 Å². The van der Waals surface area contributed by atoms with E-state index >= 15 is 0 Å². The highest BCUT2D eigenvalue weighted by atomic mass is 19.1. The van der Waals surface area contributed by atoms with E-state index in [4.69, 9.17) is 10.2 Å². The third kappa shape index (κ3) is 2.82. The number of carbonyl (C=O) groups is 1. The van der Waals surface area contributed by atoms with Gasteiger partial charge in [-0.25, -0.2) is 4.39 Å². The maximum absolute atomic E-state index is 13.6. The fourth-order valence-corrected chi connectivity index (χ4v) is 1.92. The zero-order valence-electron chi connectivity index (χ0n) is 11.7. The van der Waals surface area contributed by atoms with Crippen molar-refractivity contribution in [2.75, 3.05) is 12.8 Å². The summed E-state index contributed by atoms with van der Waals surface area (Å²) in [6, 6.07) is 6.34. The van der Waals surface area contributed by atoms with Crippen LogP contribution in [0.4, 0.5) is 10.1 Å². The molecule has 1 aromatic heterocycles. The number of aryl methyl sites for hydroxylation is 1. The molecule has 1 aromatic carbocycles. The molecule has 2 aromatic rings. The molecule has 2 N–H and O–H groups in total. The number of hydrogen-bond donors (Lipinski definition) is 1. The van der Waals surface area contributed by atoms with Crippen LogP contribution in [0.15, 0.2) is 28.7 Å². The molecule has 0 fully saturated rings. The Morgan fingerprint density at radius 3 is 2.60 bits per heavy atom. The number of furan rings is 1. The largest absolute Gasteiger partial charge is 0.464 e. The second-order valence-corrected chi connectivity index (χ2v) is 4.85. The van der Waals surface area contributed by atoms with E-state index in [-0.39, 0.29) is 17.2 Å². The van der Waals surface area contributed by atoms with Crippen LogP contribution in [-0.2, 0) is 6.54 Å². The third-order valence-electron chi connectivity index (χ3n) is 3.17. The van der Waals surface area contributed by atoms with Crippen molar-refractivity contribution in [1.82, 2.24) is 4.90 Å². The van der Waals surface area contributed by atoms with Gasteiger partial charge in [0.25, 0.3) is 5.91 Å². The van der Waals surface area contributed by atoms with Gasteiger partial charge in [-0.05, 0) is 38.1 Å². The molecule has 0 saturated carbocycles. The first kappa shape index (κ1) is 14.1. The van der Waals surface area contributed by atoms with Gasteiger partial charge in [0.2, 0.25) is 0 Å². The predicted octanol–water partition coefficient (Wildman–Crippen LogP) is 2.89. The van der Waals surface area contributed by atoms with E-state index in [1.807, 2.05) is 19.1 Å². The van der Waals surface area contributed by atoms with Crippen molar-refractivity contribution in [2.24, 2.45) is 0 Å². The number of nitrogen functional groups attached to an aromatic ring is 1. The molecule has 1 heterocycles. The predicted molar refractivity (Wildman–Crippen MR) is 74.8 cm³/mol. The highest BCUT2D eigenvalue weighted by Gasteiger charge is 2.16. The Morgan fingerprint density at radius 2 is 2.05 bits per heavy atom. The van der Waals surface area contributed by atoms with Crippen LogP contribution in [0.3, 0.4) is 0 Å². The van der Waals surface area contributed by atoms with Gasteiger partial charge in [-0.2, -0.15) is 0 Å². The first-order chi connectivity index (χ1) is 9.38. The topological polar surface area (TPSA) is 59.5 Å².